The fraction of sp³-hybridized carbons (Fsp3) is 0.316. The summed E-state index contributed by atoms with van der Waals surface area (Å²) >= 11 is 0. The molecule has 0 radical (unpaired) electrons. The number of hydrogen-bond donors (Lipinski definition) is 2. The molecule has 2 rings (SSSR count). The Morgan fingerprint density at radius 3 is 2.50 bits per heavy atom. The maximum atomic E-state index is 12.1. The van der Waals surface area contributed by atoms with Crippen LogP contribution in [0.1, 0.15) is 18.9 Å². The Morgan fingerprint density at radius 2 is 1.75 bits per heavy atom. The molecule has 5 heteroatoms. The van der Waals surface area contributed by atoms with E-state index in [1.165, 1.54) is 0 Å². The first-order valence-electron chi connectivity index (χ1n) is 8.13. The van der Waals surface area contributed by atoms with E-state index >= 15 is 0 Å². The molecule has 0 aliphatic heterocycles. The van der Waals surface area contributed by atoms with E-state index in [1.807, 2.05) is 55.5 Å². The van der Waals surface area contributed by atoms with Crippen LogP contribution >= 0.6 is 0 Å². The molecule has 24 heavy (non-hydrogen) atoms. The Balaban J connectivity index is 1.85. The third-order valence-electron chi connectivity index (χ3n) is 3.47. The van der Waals surface area contributed by atoms with Crippen molar-refractivity contribution in [1.82, 2.24) is 5.32 Å². The lowest BCUT2D eigenvalue weighted by atomic mass is 10.1. The van der Waals surface area contributed by atoms with Gasteiger partial charge in [-0.3, -0.25) is 0 Å². The first kappa shape index (κ1) is 17.7. The molecule has 0 aliphatic carbocycles. The van der Waals surface area contributed by atoms with Crippen molar-refractivity contribution in [2.75, 3.05) is 25.6 Å². The molecular weight excluding hydrogens is 304 g/mol. The van der Waals surface area contributed by atoms with Gasteiger partial charge in [0.2, 0.25) is 0 Å². The van der Waals surface area contributed by atoms with Crippen molar-refractivity contribution in [1.29, 1.82) is 0 Å². The van der Waals surface area contributed by atoms with Gasteiger partial charge in [0.15, 0.2) is 0 Å². The molecule has 2 aromatic rings. The number of benzene rings is 2. The van der Waals surface area contributed by atoms with Crippen LogP contribution in [-0.4, -0.2) is 26.3 Å². The minimum absolute atomic E-state index is 0.252. The fourth-order valence-corrected chi connectivity index (χ4v) is 2.29. The van der Waals surface area contributed by atoms with E-state index in [0.29, 0.717) is 31.0 Å². The van der Waals surface area contributed by atoms with Crippen molar-refractivity contribution in [2.24, 2.45) is 0 Å². The monoisotopic (exact) mass is 328 g/mol. The molecule has 2 aromatic carbocycles. The van der Waals surface area contributed by atoms with E-state index in [1.54, 1.807) is 7.11 Å². The average molecular weight is 328 g/mol. The summed E-state index contributed by atoms with van der Waals surface area (Å²) in [7, 11) is 1.65. The van der Waals surface area contributed by atoms with Gasteiger partial charge in [0.05, 0.1) is 19.4 Å². The Labute approximate surface area is 143 Å². The number of urea groups is 1. The van der Waals surface area contributed by atoms with Crippen molar-refractivity contribution in [3.8, 4) is 11.5 Å². The predicted octanol–water partition coefficient (Wildman–Crippen LogP) is 3.85. The van der Waals surface area contributed by atoms with Crippen LogP contribution in [0, 0.1) is 0 Å². The highest BCUT2D eigenvalue weighted by Crippen LogP contribution is 2.23. The van der Waals surface area contributed by atoms with Gasteiger partial charge < -0.3 is 20.1 Å². The number of para-hydroxylation sites is 3. The van der Waals surface area contributed by atoms with Gasteiger partial charge >= 0.3 is 6.03 Å². The zero-order chi connectivity index (χ0) is 17.2. The van der Waals surface area contributed by atoms with Crippen LogP contribution in [0.15, 0.2) is 48.5 Å². The van der Waals surface area contributed by atoms with Crippen LogP contribution in [0.5, 0.6) is 11.5 Å². The van der Waals surface area contributed by atoms with Gasteiger partial charge in [0, 0.05) is 6.54 Å². The zero-order valence-electron chi connectivity index (χ0n) is 14.2. The van der Waals surface area contributed by atoms with Gasteiger partial charge in [-0.05, 0) is 36.6 Å². The number of amides is 2. The fourth-order valence-electron chi connectivity index (χ4n) is 2.29. The van der Waals surface area contributed by atoms with E-state index in [-0.39, 0.29) is 6.03 Å². The molecule has 5 nitrogen and oxygen atoms in total. The summed E-state index contributed by atoms with van der Waals surface area (Å²) in [5.41, 5.74) is 1.73. The van der Waals surface area contributed by atoms with Crippen LogP contribution < -0.4 is 20.1 Å². The molecule has 0 fully saturated rings. The average Bonchev–Trinajstić information content (AvgIpc) is 2.61. The molecule has 0 bridgehead atoms. The van der Waals surface area contributed by atoms with Gasteiger partial charge in [-0.25, -0.2) is 4.79 Å². The molecule has 128 valence electrons. The minimum atomic E-state index is -0.252. The number of carbonyl (C=O) groups is 1. The number of methoxy groups -OCH3 is 1. The van der Waals surface area contributed by atoms with E-state index < -0.39 is 0 Å². The topological polar surface area (TPSA) is 59.6 Å². The van der Waals surface area contributed by atoms with Crippen LogP contribution in [-0.2, 0) is 6.42 Å². The normalized spacial score (nSPS) is 10.1. The van der Waals surface area contributed by atoms with Gasteiger partial charge in [-0.2, -0.15) is 0 Å². The van der Waals surface area contributed by atoms with E-state index in [4.69, 9.17) is 9.47 Å². The van der Waals surface area contributed by atoms with Gasteiger partial charge in [-0.1, -0.05) is 37.3 Å². The van der Waals surface area contributed by atoms with Crippen LogP contribution in [0.3, 0.4) is 0 Å². The summed E-state index contributed by atoms with van der Waals surface area (Å²) in [6, 6.07) is 15.0. The quantitative estimate of drug-likeness (QED) is 0.774. The van der Waals surface area contributed by atoms with Crippen molar-refractivity contribution in [2.45, 2.75) is 19.8 Å². The van der Waals surface area contributed by atoms with Gasteiger partial charge in [0.25, 0.3) is 0 Å². The highest BCUT2D eigenvalue weighted by molar-refractivity contribution is 5.90. The lowest BCUT2D eigenvalue weighted by molar-refractivity contribution is 0.252. The molecular formula is C19H24N2O3. The maximum absolute atomic E-state index is 12.1. The first-order chi connectivity index (χ1) is 11.7. The van der Waals surface area contributed by atoms with Crippen LogP contribution in [0.25, 0.3) is 0 Å². The highest BCUT2D eigenvalue weighted by atomic mass is 16.5. The first-order valence-corrected chi connectivity index (χ1v) is 8.13. The molecule has 0 atom stereocenters. The molecule has 0 unspecified atom stereocenters. The van der Waals surface area contributed by atoms with Crippen molar-refractivity contribution in [3.05, 3.63) is 54.1 Å². The Hall–Kier alpha value is -2.69. The summed E-state index contributed by atoms with van der Waals surface area (Å²) in [6.07, 6.45) is 1.62. The summed E-state index contributed by atoms with van der Waals surface area (Å²) < 4.78 is 10.9. The van der Waals surface area contributed by atoms with Crippen molar-refractivity contribution < 1.29 is 14.3 Å². The second-order valence-corrected chi connectivity index (χ2v) is 5.29. The number of nitrogens with one attached hydrogen (secondary N) is 2. The van der Waals surface area contributed by atoms with Gasteiger partial charge in [0.1, 0.15) is 11.5 Å². The molecule has 0 aromatic heterocycles. The molecule has 2 amide bonds. The molecule has 0 saturated carbocycles. The van der Waals surface area contributed by atoms with Gasteiger partial charge in [-0.15, -0.1) is 0 Å². The van der Waals surface area contributed by atoms with E-state index in [2.05, 4.69) is 10.6 Å². The molecule has 0 aliphatic rings. The Bertz CT molecular complexity index is 659. The number of anilines is 1. The molecule has 0 spiro atoms. The van der Waals surface area contributed by atoms with Crippen molar-refractivity contribution >= 4 is 11.7 Å². The smallest absolute Gasteiger partial charge is 0.319 e. The van der Waals surface area contributed by atoms with Crippen LogP contribution in [0.4, 0.5) is 10.5 Å². The second kappa shape index (κ2) is 9.45. The van der Waals surface area contributed by atoms with E-state index in [0.717, 1.165) is 17.7 Å². The predicted molar refractivity (Wildman–Crippen MR) is 95.9 cm³/mol. The third kappa shape index (κ3) is 5.19. The lowest BCUT2D eigenvalue weighted by Gasteiger charge is -2.13. The van der Waals surface area contributed by atoms with E-state index in [9.17, 15) is 4.79 Å². The highest BCUT2D eigenvalue weighted by Gasteiger charge is 2.07. The Morgan fingerprint density at radius 1 is 1.04 bits per heavy atom. The molecule has 0 heterocycles. The number of rotatable bonds is 8. The molecule has 0 saturated heterocycles. The summed E-state index contributed by atoms with van der Waals surface area (Å²) in [5.74, 6) is 1.51. The number of carbonyl (C=O) groups excluding carboxylic acids is 1. The van der Waals surface area contributed by atoms with Crippen LogP contribution in [0.2, 0.25) is 0 Å². The number of ether oxygens (including phenoxy) is 2. The summed E-state index contributed by atoms with van der Waals surface area (Å²) in [4.78, 5) is 12.1. The third-order valence-corrected chi connectivity index (χ3v) is 3.47. The SMILES string of the molecule is CCCOc1ccccc1NC(=O)NCCc1ccccc1OC. The lowest BCUT2D eigenvalue weighted by Crippen LogP contribution is -2.30. The number of hydrogen-bond acceptors (Lipinski definition) is 3. The zero-order valence-corrected chi connectivity index (χ0v) is 14.2. The second-order valence-electron chi connectivity index (χ2n) is 5.29. The Kier molecular flexibility index (Phi) is 6.95. The standard InChI is InChI=1S/C19H24N2O3/c1-3-14-24-18-11-7-5-9-16(18)21-19(22)20-13-12-15-8-4-6-10-17(15)23-2/h4-11H,3,12-14H2,1-2H3,(H2,20,21,22). The largest absolute Gasteiger partial charge is 0.496 e. The maximum Gasteiger partial charge on any atom is 0.319 e. The summed E-state index contributed by atoms with van der Waals surface area (Å²) in [5, 5.41) is 5.68. The van der Waals surface area contributed by atoms with Crippen molar-refractivity contribution in [3.63, 3.8) is 0 Å². The minimum Gasteiger partial charge on any atom is -0.496 e. The summed E-state index contributed by atoms with van der Waals surface area (Å²) in [6.45, 7) is 3.18. The molecule has 2 N–H and O–H groups in total.